The number of hydrogen-bond donors (Lipinski definition) is 2. The van der Waals surface area contributed by atoms with Crippen LogP contribution >= 0.6 is 11.6 Å². The third kappa shape index (κ3) is 4.75. The van der Waals surface area contributed by atoms with Gasteiger partial charge in [-0.25, -0.2) is 4.98 Å². The van der Waals surface area contributed by atoms with Crippen molar-refractivity contribution >= 4 is 34.1 Å². The van der Waals surface area contributed by atoms with Gasteiger partial charge in [-0.1, -0.05) is 38.4 Å². The summed E-state index contributed by atoms with van der Waals surface area (Å²) >= 11 is 6.71. The minimum atomic E-state index is 0.432. The zero-order valence-electron chi connectivity index (χ0n) is 22.6. The number of hydrogen-bond acceptors (Lipinski definition) is 5. The van der Waals surface area contributed by atoms with E-state index in [2.05, 4.69) is 56.3 Å². The molecule has 3 aromatic heterocycles. The average Bonchev–Trinajstić information content (AvgIpc) is 3.39. The van der Waals surface area contributed by atoms with Gasteiger partial charge in [0.2, 0.25) is 0 Å². The standard InChI is InChI=1S/C30H36ClN5O/c1-16(2)23-15-25(31)18(4)24(29(23)21-9-8-10-21)14-22-11-12-26(37-22)19(5)33-34-27-13-17(3)28-20(6)35-36(7)30(28)32-27/h11-13,15-16,21,33H,5,8-10,14H2,1-4,6-7H3,(H,32,34). The summed E-state index contributed by atoms with van der Waals surface area (Å²) in [6, 6.07) is 8.19. The fourth-order valence-corrected chi connectivity index (χ4v) is 5.69. The Morgan fingerprint density at radius 3 is 2.65 bits per heavy atom. The van der Waals surface area contributed by atoms with Gasteiger partial charge in [0.05, 0.1) is 11.4 Å². The van der Waals surface area contributed by atoms with Crippen molar-refractivity contribution < 1.29 is 4.42 Å². The minimum absolute atomic E-state index is 0.432. The highest BCUT2D eigenvalue weighted by Crippen LogP contribution is 2.44. The van der Waals surface area contributed by atoms with Crippen LogP contribution in [0.1, 0.15) is 90.0 Å². The summed E-state index contributed by atoms with van der Waals surface area (Å²) in [6.07, 6.45) is 4.52. The Morgan fingerprint density at radius 1 is 1.22 bits per heavy atom. The highest BCUT2D eigenvalue weighted by molar-refractivity contribution is 6.31. The highest BCUT2D eigenvalue weighted by atomic mass is 35.5. The van der Waals surface area contributed by atoms with Gasteiger partial charge in [0.25, 0.3) is 0 Å². The summed E-state index contributed by atoms with van der Waals surface area (Å²) in [6.45, 7) is 14.9. The van der Waals surface area contributed by atoms with Crippen molar-refractivity contribution in [2.24, 2.45) is 7.05 Å². The summed E-state index contributed by atoms with van der Waals surface area (Å²) in [5.74, 6) is 3.34. The second-order valence-corrected chi connectivity index (χ2v) is 11.1. The maximum atomic E-state index is 6.71. The molecule has 0 saturated heterocycles. The van der Waals surface area contributed by atoms with Crippen molar-refractivity contribution in [3.8, 4) is 0 Å². The zero-order chi connectivity index (χ0) is 26.4. The van der Waals surface area contributed by atoms with Crippen LogP contribution in [0.4, 0.5) is 5.82 Å². The molecular weight excluding hydrogens is 482 g/mol. The fourth-order valence-electron chi connectivity index (χ4n) is 5.46. The van der Waals surface area contributed by atoms with E-state index in [-0.39, 0.29) is 0 Å². The minimum Gasteiger partial charge on any atom is -0.459 e. The van der Waals surface area contributed by atoms with Crippen LogP contribution in [0.3, 0.4) is 0 Å². The Bertz CT molecular complexity index is 1490. The predicted molar refractivity (Wildman–Crippen MR) is 152 cm³/mol. The number of anilines is 1. The van der Waals surface area contributed by atoms with E-state index in [0.717, 1.165) is 45.1 Å². The Kier molecular flexibility index (Phi) is 6.80. The second-order valence-electron chi connectivity index (χ2n) is 10.7. The molecule has 1 aliphatic rings. The third-order valence-corrected chi connectivity index (χ3v) is 8.07. The molecule has 2 N–H and O–H groups in total. The molecule has 0 unspecified atom stereocenters. The number of rotatable bonds is 8. The number of aryl methyl sites for hydroxylation is 3. The molecule has 1 aromatic carbocycles. The van der Waals surface area contributed by atoms with Gasteiger partial charge in [-0.2, -0.15) is 5.10 Å². The van der Waals surface area contributed by atoms with E-state index in [1.54, 1.807) is 4.68 Å². The number of benzene rings is 1. The molecule has 0 aliphatic heterocycles. The van der Waals surface area contributed by atoms with E-state index >= 15 is 0 Å². The first kappa shape index (κ1) is 25.4. The largest absolute Gasteiger partial charge is 0.459 e. The number of nitrogens with zero attached hydrogens (tertiary/aromatic N) is 3. The van der Waals surface area contributed by atoms with Crippen LogP contribution in [-0.4, -0.2) is 14.8 Å². The van der Waals surface area contributed by atoms with Crippen molar-refractivity contribution in [2.75, 3.05) is 5.43 Å². The Morgan fingerprint density at radius 2 is 1.97 bits per heavy atom. The van der Waals surface area contributed by atoms with E-state index in [1.165, 1.54) is 36.0 Å². The monoisotopic (exact) mass is 517 g/mol. The number of hydrazine groups is 1. The molecular formula is C30H36ClN5O. The van der Waals surface area contributed by atoms with Gasteiger partial charge >= 0.3 is 0 Å². The van der Waals surface area contributed by atoms with Crippen LogP contribution in [0.2, 0.25) is 5.02 Å². The lowest BCUT2D eigenvalue weighted by Crippen LogP contribution is -2.20. The molecule has 7 heteroatoms. The number of nitrogens with one attached hydrogen (secondary N) is 2. The normalized spacial score (nSPS) is 13.8. The molecule has 0 spiro atoms. The Balaban J connectivity index is 1.35. The fraction of sp³-hybridized carbons (Fsp3) is 0.400. The third-order valence-electron chi connectivity index (χ3n) is 7.68. The first-order valence-corrected chi connectivity index (χ1v) is 13.4. The molecule has 5 rings (SSSR count). The van der Waals surface area contributed by atoms with Crippen LogP contribution in [0, 0.1) is 20.8 Å². The molecule has 4 aromatic rings. The van der Waals surface area contributed by atoms with Crippen molar-refractivity contribution in [1.82, 2.24) is 20.2 Å². The van der Waals surface area contributed by atoms with Gasteiger partial charge in [0, 0.05) is 23.9 Å². The SMILES string of the molecule is C=C(NNc1cc(C)c2c(C)nn(C)c2n1)c1ccc(Cc2c(C)c(Cl)cc(C(C)C)c2C2CCC2)o1. The molecule has 1 saturated carbocycles. The molecule has 1 fully saturated rings. The van der Waals surface area contributed by atoms with E-state index in [0.29, 0.717) is 29.1 Å². The number of halogens is 1. The van der Waals surface area contributed by atoms with Crippen LogP contribution in [0.5, 0.6) is 0 Å². The topological polar surface area (TPSA) is 67.9 Å². The van der Waals surface area contributed by atoms with E-state index < -0.39 is 0 Å². The first-order chi connectivity index (χ1) is 17.6. The van der Waals surface area contributed by atoms with Crippen LogP contribution in [0.25, 0.3) is 16.7 Å². The summed E-state index contributed by atoms with van der Waals surface area (Å²) in [7, 11) is 1.91. The van der Waals surface area contributed by atoms with Crippen molar-refractivity contribution in [1.29, 1.82) is 0 Å². The quantitative estimate of drug-likeness (QED) is 0.234. The lowest BCUT2D eigenvalue weighted by Gasteiger charge is -2.32. The average molecular weight is 518 g/mol. The van der Waals surface area contributed by atoms with E-state index in [1.807, 2.05) is 32.2 Å². The van der Waals surface area contributed by atoms with Crippen molar-refractivity contribution in [3.63, 3.8) is 0 Å². The highest BCUT2D eigenvalue weighted by Gasteiger charge is 2.28. The van der Waals surface area contributed by atoms with Crippen LogP contribution < -0.4 is 10.9 Å². The van der Waals surface area contributed by atoms with E-state index in [9.17, 15) is 0 Å². The Labute approximate surface area is 224 Å². The van der Waals surface area contributed by atoms with Crippen LogP contribution in [-0.2, 0) is 13.5 Å². The second kappa shape index (κ2) is 9.90. The van der Waals surface area contributed by atoms with Gasteiger partial charge < -0.3 is 4.42 Å². The number of pyridine rings is 1. The molecule has 194 valence electrons. The maximum Gasteiger partial charge on any atom is 0.160 e. The molecule has 3 heterocycles. The summed E-state index contributed by atoms with van der Waals surface area (Å²) < 4.78 is 8.06. The molecule has 0 amide bonds. The molecule has 0 bridgehead atoms. The van der Waals surface area contributed by atoms with Gasteiger partial charge in [-0.15, -0.1) is 0 Å². The van der Waals surface area contributed by atoms with Gasteiger partial charge in [0.15, 0.2) is 11.4 Å². The summed E-state index contributed by atoms with van der Waals surface area (Å²) in [5.41, 5.74) is 15.2. The smallest absolute Gasteiger partial charge is 0.160 e. The first-order valence-electron chi connectivity index (χ1n) is 13.1. The Hall–Kier alpha value is -3.25. The molecule has 37 heavy (non-hydrogen) atoms. The predicted octanol–water partition coefficient (Wildman–Crippen LogP) is 7.71. The molecule has 0 atom stereocenters. The van der Waals surface area contributed by atoms with E-state index in [4.69, 9.17) is 21.0 Å². The maximum absolute atomic E-state index is 6.71. The van der Waals surface area contributed by atoms with Gasteiger partial charge in [-0.3, -0.25) is 15.5 Å². The number of aromatic nitrogens is 3. The van der Waals surface area contributed by atoms with Crippen molar-refractivity contribution in [2.45, 2.75) is 72.1 Å². The number of fused-ring (bicyclic) bond motifs is 1. The molecule has 0 radical (unpaired) electrons. The molecule has 1 aliphatic carbocycles. The summed E-state index contributed by atoms with van der Waals surface area (Å²) in [5, 5.41) is 6.41. The molecule has 6 nitrogen and oxygen atoms in total. The van der Waals surface area contributed by atoms with Gasteiger partial charge in [0.1, 0.15) is 11.6 Å². The van der Waals surface area contributed by atoms with Crippen LogP contribution in [0.15, 0.2) is 35.3 Å². The lowest BCUT2D eigenvalue weighted by atomic mass is 9.73. The zero-order valence-corrected chi connectivity index (χ0v) is 23.4. The van der Waals surface area contributed by atoms with Gasteiger partial charge in [-0.05, 0) is 97.5 Å². The lowest BCUT2D eigenvalue weighted by molar-refractivity contribution is 0.412. The van der Waals surface area contributed by atoms with Crippen molar-refractivity contribution in [3.05, 3.63) is 80.9 Å². The number of furan rings is 1. The summed E-state index contributed by atoms with van der Waals surface area (Å²) in [4.78, 5) is 4.71.